The number of aliphatic carboxylic acids is 1. The van der Waals surface area contributed by atoms with Crippen molar-refractivity contribution in [3.8, 4) is 5.75 Å². The van der Waals surface area contributed by atoms with E-state index in [4.69, 9.17) is 16.3 Å². The fourth-order valence-electron chi connectivity index (χ4n) is 2.83. The molecule has 3 nitrogen and oxygen atoms in total. The molecular weight excluding hydrogens is 369 g/mol. The molecule has 1 aliphatic heterocycles. The molecule has 1 heterocycles. The van der Waals surface area contributed by atoms with E-state index in [1.165, 1.54) is 12.1 Å². The van der Waals surface area contributed by atoms with Gasteiger partial charge in [0.15, 0.2) is 0 Å². The number of fused-ring (bicyclic) bond motifs is 1. The lowest BCUT2D eigenvalue weighted by Crippen LogP contribution is -2.44. The van der Waals surface area contributed by atoms with Gasteiger partial charge in [-0.15, -0.1) is 0 Å². The maximum Gasteiger partial charge on any atom is 0.429 e. The van der Waals surface area contributed by atoms with Crippen LogP contribution in [0, 0.1) is 6.92 Å². The highest BCUT2D eigenvalue weighted by molar-refractivity contribution is 6.30. The average Bonchev–Trinajstić information content (AvgIpc) is 2.55. The number of hydrogen-bond acceptors (Lipinski definition) is 3. The van der Waals surface area contributed by atoms with E-state index >= 15 is 0 Å². The van der Waals surface area contributed by atoms with Crippen molar-refractivity contribution in [2.24, 2.45) is 0 Å². The number of ether oxygens (including phenoxy) is 1. The molecule has 1 aliphatic rings. The third kappa shape index (κ3) is 3.70. The molecule has 0 saturated carbocycles. The number of carbonyl (C=O) groups is 1. The molecule has 0 saturated heterocycles. The van der Waals surface area contributed by atoms with Crippen LogP contribution in [0.1, 0.15) is 22.3 Å². The van der Waals surface area contributed by atoms with Crippen LogP contribution in [-0.4, -0.2) is 18.2 Å². The van der Waals surface area contributed by atoms with Gasteiger partial charge in [-0.05, 0) is 54.3 Å². The van der Waals surface area contributed by atoms with Crippen molar-refractivity contribution in [3.05, 3.63) is 69.2 Å². The molecule has 136 valence electrons. The molecule has 0 aromatic heterocycles. The van der Waals surface area contributed by atoms with Crippen molar-refractivity contribution in [2.75, 3.05) is 0 Å². The van der Waals surface area contributed by atoms with Gasteiger partial charge in [0.2, 0.25) is 6.10 Å². The number of carbonyl (C=O) groups excluding carboxylic acids is 1. The molecule has 1 unspecified atom stereocenters. The van der Waals surface area contributed by atoms with Crippen molar-refractivity contribution in [1.29, 1.82) is 0 Å². The summed E-state index contributed by atoms with van der Waals surface area (Å²) in [6.07, 6.45) is -5.98. The summed E-state index contributed by atoms with van der Waals surface area (Å²) >= 11 is 5.93. The van der Waals surface area contributed by atoms with Crippen molar-refractivity contribution in [2.45, 2.75) is 25.6 Å². The Balaban J connectivity index is 1.95. The van der Waals surface area contributed by atoms with Gasteiger partial charge >= 0.3 is 6.18 Å². The van der Waals surface area contributed by atoms with Crippen molar-refractivity contribution < 1.29 is 27.8 Å². The molecule has 0 aliphatic carbocycles. The monoisotopic (exact) mass is 381 g/mol. The van der Waals surface area contributed by atoms with E-state index in [2.05, 4.69) is 0 Å². The van der Waals surface area contributed by atoms with Crippen LogP contribution in [0.25, 0.3) is 6.08 Å². The molecule has 0 N–H and O–H groups in total. The predicted octanol–water partition coefficient (Wildman–Crippen LogP) is 3.70. The minimum Gasteiger partial charge on any atom is -0.545 e. The Morgan fingerprint density at radius 2 is 1.96 bits per heavy atom. The minimum atomic E-state index is -4.85. The van der Waals surface area contributed by atoms with Gasteiger partial charge in [-0.1, -0.05) is 29.8 Å². The van der Waals surface area contributed by atoms with Gasteiger partial charge in [0.25, 0.3) is 0 Å². The Labute approximate surface area is 152 Å². The molecule has 7 heteroatoms. The fourth-order valence-corrected chi connectivity index (χ4v) is 3.06. The second-order valence-electron chi connectivity index (χ2n) is 6.05. The molecule has 26 heavy (non-hydrogen) atoms. The van der Waals surface area contributed by atoms with E-state index < -0.39 is 23.8 Å². The van der Waals surface area contributed by atoms with E-state index in [9.17, 15) is 23.1 Å². The van der Waals surface area contributed by atoms with Crippen LogP contribution in [0.2, 0.25) is 5.02 Å². The second-order valence-corrected chi connectivity index (χ2v) is 6.48. The quantitative estimate of drug-likeness (QED) is 0.814. The van der Waals surface area contributed by atoms with Crippen molar-refractivity contribution >= 4 is 23.6 Å². The maximum atomic E-state index is 13.1. The largest absolute Gasteiger partial charge is 0.545 e. The highest BCUT2D eigenvalue weighted by atomic mass is 35.5. The normalized spacial score (nSPS) is 16.5. The third-order valence-corrected chi connectivity index (χ3v) is 4.38. The summed E-state index contributed by atoms with van der Waals surface area (Å²) < 4.78 is 44.3. The number of carboxylic acids is 1. The van der Waals surface area contributed by atoms with E-state index in [1.807, 2.05) is 13.0 Å². The third-order valence-electron chi connectivity index (χ3n) is 4.15. The Kier molecular flexibility index (Phi) is 4.71. The molecule has 1 atom stereocenters. The Bertz CT molecular complexity index is 903. The number of aryl methyl sites for hydroxylation is 1. The fraction of sp³-hybridized carbons (Fsp3) is 0.211. The molecule has 0 spiro atoms. The van der Waals surface area contributed by atoms with Gasteiger partial charge in [0, 0.05) is 16.2 Å². The first-order valence-corrected chi connectivity index (χ1v) is 8.07. The number of halogens is 4. The standard InChI is InChI=1S/C19H14ClF3O3/c1-10-6-14(20)5-4-12(10)7-11-2-3-13-9-15(18(24)25)17(19(21,22)23)26-16(13)8-11/h2-6,8-9,17H,7H2,1H3,(H,24,25)/p-1. The molecule has 0 bridgehead atoms. The van der Waals surface area contributed by atoms with E-state index in [1.54, 1.807) is 18.2 Å². The summed E-state index contributed by atoms with van der Waals surface area (Å²) in [7, 11) is 0. The van der Waals surface area contributed by atoms with Gasteiger partial charge < -0.3 is 14.6 Å². The molecule has 0 amide bonds. The Morgan fingerprint density at radius 1 is 1.23 bits per heavy atom. The predicted molar refractivity (Wildman–Crippen MR) is 88.9 cm³/mol. The van der Waals surface area contributed by atoms with Gasteiger partial charge in [0.05, 0.1) is 5.97 Å². The highest BCUT2D eigenvalue weighted by Crippen LogP contribution is 2.37. The summed E-state index contributed by atoms with van der Waals surface area (Å²) in [5.41, 5.74) is 2.00. The molecule has 3 rings (SSSR count). The number of rotatable bonds is 3. The van der Waals surface area contributed by atoms with Crippen molar-refractivity contribution in [1.82, 2.24) is 0 Å². The summed E-state index contributed by atoms with van der Waals surface area (Å²) in [5, 5.41) is 11.6. The van der Waals surface area contributed by atoms with Crippen LogP contribution in [0.15, 0.2) is 42.0 Å². The van der Waals surface area contributed by atoms with Crippen LogP contribution < -0.4 is 9.84 Å². The van der Waals surface area contributed by atoms with Crippen molar-refractivity contribution in [3.63, 3.8) is 0 Å². The molecule has 2 aromatic carbocycles. The zero-order valence-corrected chi connectivity index (χ0v) is 14.3. The molecular formula is C19H13ClF3O3-. The summed E-state index contributed by atoms with van der Waals surface area (Å²) in [6.45, 7) is 1.89. The Morgan fingerprint density at radius 3 is 2.58 bits per heavy atom. The smallest absolute Gasteiger partial charge is 0.429 e. The van der Waals surface area contributed by atoms with E-state index in [-0.39, 0.29) is 11.3 Å². The molecule has 0 radical (unpaired) electrons. The number of benzene rings is 2. The van der Waals surface area contributed by atoms with Crippen LogP contribution >= 0.6 is 11.6 Å². The lowest BCUT2D eigenvalue weighted by molar-refractivity contribution is -0.302. The minimum absolute atomic E-state index is 0.0126. The van der Waals surface area contributed by atoms with Gasteiger partial charge in [-0.3, -0.25) is 0 Å². The highest BCUT2D eigenvalue weighted by Gasteiger charge is 2.46. The lowest BCUT2D eigenvalue weighted by Gasteiger charge is -2.29. The summed E-state index contributed by atoms with van der Waals surface area (Å²) in [6, 6.07) is 10.1. The molecule has 2 aromatic rings. The van der Waals surface area contributed by atoms with Gasteiger partial charge in [-0.25, -0.2) is 0 Å². The lowest BCUT2D eigenvalue weighted by atomic mass is 9.96. The van der Waals surface area contributed by atoms with E-state index in [0.29, 0.717) is 11.4 Å². The summed E-state index contributed by atoms with van der Waals surface area (Å²) in [4.78, 5) is 11.0. The zero-order chi connectivity index (χ0) is 19.1. The van der Waals surface area contributed by atoms with Crippen LogP contribution in [0.4, 0.5) is 13.2 Å². The van der Waals surface area contributed by atoms with Crippen LogP contribution in [0.5, 0.6) is 5.75 Å². The summed E-state index contributed by atoms with van der Waals surface area (Å²) in [5.74, 6) is -1.92. The number of hydrogen-bond donors (Lipinski definition) is 0. The first-order chi connectivity index (χ1) is 12.1. The van der Waals surface area contributed by atoms with Gasteiger partial charge in [0.1, 0.15) is 5.75 Å². The van der Waals surface area contributed by atoms with Gasteiger partial charge in [-0.2, -0.15) is 13.2 Å². The molecule has 0 fully saturated rings. The second kappa shape index (κ2) is 6.68. The van der Waals surface area contributed by atoms with Crippen LogP contribution in [0.3, 0.4) is 0 Å². The Hall–Kier alpha value is -2.47. The topological polar surface area (TPSA) is 49.4 Å². The first-order valence-electron chi connectivity index (χ1n) is 7.69. The number of alkyl halides is 3. The zero-order valence-electron chi connectivity index (χ0n) is 13.6. The van der Waals surface area contributed by atoms with Crippen LogP contribution in [-0.2, 0) is 11.2 Å². The average molecular weight is 382 g/mol. The van der Waals surface area contributed by atoms with E-state index in [0.717, 1.165) is 22.8 Å². The first kappa shape index (κ1) is 18.3. The SMILES string of the molecule is Cc1cc(Cl)ccc1Cc1ccc2c(c1)OC(C(F)(F)F)C(C(=O)[O-])=C2. The maximum absolute atomic E-state index is 13.1. The number of carboxylic acid groups (broad SMARTS) is 1.